The van der Waals surface area contributed by atoms with Crippen LogP contribution in [0.5, 0.6) is 0 Å². The van der Waals surface area contributed by atoms with Crippen molar-refractivity contribution in [1.82, 2.24) is 10.1 Å². The monoisotopic (exact) mass is 203 g/mol. The minimum absolute atomic E-state index is 0.430. The van der Waals surface area contributed by atoms with Crippen LogP contribution in [-0.2, 0) is 10.8 Å². The SMILES string of the molecule is Cc1noc(NCCCS(C)=O)n1. The molecule has 0 aromatic carbocycles. The molecule has 0 fully saturated rings. The van der Waals surface area contributed by atoms with Crippen LogP contribution in [0.15, 0.2) is 4.52 Å². The van der Waals surface area contributed by atoms with E-state index in [1.807, 2.05) is 0 Å². The zero-order valence-corrected chi connectivity index (χ0v) is 8.56. The molecule has 0 aliphatic heterocycles. The average molecular weight is 203 g/mol. The molecule has 74 valence electrons. The zero-order chi connectivity index (χ0) is 9.68. The molecule has 6 heteroatoms. The van der Waals surface area contributed by atoms with E-state index in [0.29, 0.717) is 24.1 Å². The number of anilines is 1. The van der Waals surface area contributed by atoms with Crippen molar-refractivity contribution in [2.24, 2.45) is 0 Å². The van der Waals surface area contributed by atoms with Gasteiger partial charge in [-0.3, -0.25) is 4.21 Å². The maximum absolute atomic E-state index is 10.7. The van der Waals surface area contributed by atoms with Gasteiger partial charge in [-0.15, -0.1) is 0 Å². The van der Waals surface area contributed by atoms with Crippen LogP contribution >= 0.6 is 0 Å². The standard InChI is InChI=1S/C7H13N3O2S/c1-6-9-7(12-10-6)8-4-3-5-13(2)11/h3-5H2,1-2H3,(H,8,9,10). The first-order valence-electron chi connectivity index (χ1n) is 4.02. The Balaban J connectivity index is 2.16. The second-order valence-corrected chi connectivity index (χ2v) is 4.26. The molecule has 5 nitrogen and oxygen atoms in total. The third-order valence-corrected chi connectivity index (χ3v) is 2.28. The summed E-state index contributed by atoms with van der Waals surface area (Å²) < 4.78 is 15.5. The molecule has 1 aromatic heterocycles. The second kappa shape index (κ2) is 4.96. The smallest absolute Gasteiger partial charge is 0.321 e. The van der Waals surface area contributed by atoms with Gasteiger partial charge < -0.3 is 9.84 Å². The Morgan fingerprint density at radius 2 is 2.38 bits per heavy atom. The number of rotatable bonds is 5. The highest BCUT2D eigenvalue weighted by atomic mass is 32.2. The van der Waals surface area contributed by atoms with E-state index in [1.54, 1.807) is 13.2 Å². The van der Waals surface area contributed by atoms with Gasteiger partial charge in [-0.1, -0.05) is 5.16 Å². The first-order chi connectivity index (χ1) is 6.18. The predicted molar refractivity (Wildman–Crippen MR) is 51.1 cm³/mol. The summed E-state index contributed by atoms with van der Waals surface area (Å²) in [5.74, 6) is 1.31. The molecule has 1 aromatic rings. The van der Waals surface area contributed by atoms with Gasteiger partial charge >= 0.3 is 6.01 Å². The molecule has 13 heavy (non-hydrogen) atoms. The Morgan fingerprint density at radius 3 is 2.92 bits per heavy atom. The Kier molecular flexibility index (Phi) is 3.88. The molecule has 1 unspecified atom stereocenters. The number of hydrogen-bond donors (Lipinski definition) is 1. The summed E-state index contributed by atoms with van der Waals surface area (Å²) in [6.45, 7) is 2.47. The first-order valence-corrected chi connectivity index (χ1v) is 5.75. The summed E-state index contributed by atoms with van der Waals surface area (Å²) in [4.78, 5) is 3.96. The number of hydrogen-bond acceptors (Lipinski definition) is 5. The lowest BCUT2D eigenvalue weighted by Crippen LogP contribution is -2.06. The maximum atomic E-state index is 10.7. The fraction of sp³-hybridized carbons (Fsp3) is 0.714. The van der Waals surface area contributed by atoms with E-state index in [9.17, 15) is 4.21 Å². The molecule has 1 rings (SSSR count). The molecule has 0 aliphatic rings. The van der Waals surface area contributed by atoms with E-state index in [2.05, 4.69) is 15.5 Å². The minimum Gasteiger partial charge on any atom is -0.338 e. The van der Waals surface area contributed by atoms with E-state index in [0.717, 1.165) is 6.42 Å². The van der Waals surface area contributed by atoms with Crippen LogP contribution in [0.2, 0.25) is 0 Å². The summed E-state index contributed by atoms with van der Waals surface area (Å²) in [6.07, 6.45) is 2.53. The summed E-state index contributed by atoms with van der Waals surface area (Å²) in [7, 11) is -0.725. The predicted octanol–water partition coefficient (Wildman–Crippen LogP) is 0.559. The van der Waals surface area contributed by atoms with Crippen LogP contribution in [0, 0.1) is 6.92 Å². The van der Waals surface area contributed by atoms with Crippen LogP contribution < -0.4 is 5.32 Å². The Labute approximate surface area is 79.4 Å². The lowest BCUT2D eigenvalue weighted by molar-refractivity contribution is 0.425. The van der Waals surface area contributed by atoms with Crippen molar-refractivity contribution in [1.29, 1.82) is 0 Å². The average Bonchev–Trinajstić information content (AvgIpc) is 2.45. The van der Waals surface area contributed by atoms with Gasteiger partial charge in [0.05, 0.1) is 0 Å². The third-order valence-electron chi connectivity index (χ3n) is 1.41. The second-order valence-electron chi connectivity index (χ2n) is 2.70. The van der Waals surface area contributed by atoms with Crippen molar-refractivity contribution in [2.45, 2.75) is 13.3 Å². The van der Waals surface area contributed by atoms with Crippen LogP contribution in [0.3, 0.4) is 0 Å². The van der Waals surface area contributed by atoms with E-state index in [1.165, 1.54) is 0 Å². The molecule has 1 atom stereocenters. The Bertz CT molecular complexity index is 287. The highest BCUT2D eigenvalue weighted by molar-refractivity contribution is 7.84. The van der Waals surface area contributed by atoms with Crippen LogP contribution in [0.25, 0.3) is 0 Å². The number of nitrogens with zero attached hydrogens (tertiary/aromatic N) is 2. The number of aromatic nitrogens is 2. The first kappa shape index (κ1) is 10.2. The van der Waals surface area contributed by atoms with Gasteiger partial charge in [0.25, 0.3) is 0 Å². The van der Waals surface area contributed by atoms with Gasteiger partial charge in [0.2, 0.25) is 0 Å². The zero-order valence-electron chi connectivity index (χ0n) is 7.74. The molecule has 0 spiro atoms. The van der Waals surface area contributed by atoms with Crippen molar-refractivity contribution >= 4 is 16.8 Å². The fourth-order valence-corrected chi connectivity index (χ4v) is 1.39. The molecule has 0 bridgehead atoms. The molecule has 1 heterocycles. The molecule has 0 aliphatic carbocycles. The van der Waals surface area contributed by atoms with Gasteiger partial charge in [-0.2, -0.15) is 4.98 Å². The molecule has 0 saturated carbocycles. The van der Waals surface area contributed by atoms with Crippen LogP contribution in [0.1, 0.15) is 12.2 Å². The van der Waals surface area contributed by atoms with Gasteiger partial charge in [0.1, 0.15) is 0 Å². The highest BCUT2D eigenvalue weighted by Gasteiger charge is 2.00. The molecular formula is C7H13N3O2S. The van der Waals surface area contributed by atoms with Gasteiger partial charge in [0.15, 0.2) is 5.82 Å². The summed E-state index contributed by atoms with van der Waals surface area (Å²) in [5, 5.41) is 6.57. The molecule has 0 radical (unpaired) electrons. The minimum atomic E-state index is -0.725. The van der Waals surface area contributed by atoms with Gasteiger partial charge in [-0.05, 0) is 13.3 Å². The molecule has 0 saturated heterocycles. The van der Waals surface area contributed by atoms with Crippen molar-refractivity contribution in [3.05, 3.63) is 5.82 Å². The van der Waals surface area contributed by atoms with Gasteiger partial charge in [0, 0.05) is 29.4 Å². The normalized spacial score (nSPS) is 12.8. The van der Waals surface area contributed by atoms with Gasteiger partial charge in [-0.25, -0.2) is 0 Å². The molecular weight excluding hydrogens is 190 g/mol. The quantitative estimate of drug-likeness (QED) is 0.708. The lowest BCUT2D eigenvalue weighted by atomic mass is 10.5. The van der Waals surface area contributed by atoms with E-state index in [-0.39, 0.29) is 0 Å². The van der Waals surface area contributed by atoms with Crippen molar-refractivity contribution in [3.8, 4) is 0 Å². The number of nitrogens with one attached hydrogen (secondary N) is 1. The largest absolute Gasteiger partial charge is 0.338 e. The Morgan fingerprint density at radius 1 is 1.62 bits per heavy atom. The Hall–Kier alpha value is -0.910. The third kappa shape index (κ3) is 4.02. The number of aryl methyl sites for hydroxylation is 1. The summed E-state index contributed by atoms with van der Waals surface area (Å²) in [5.41, 5.74) is 0. The topological polar surface area (TPSA) is 68.0 Å². The van der Waals surface area contributed by atoms with Crippen LogP contribution in [-0.4, -0.2) is 32.9 Å². The highest BCUT2D eigenvalue weighted by Crippen LogP contribution is 2.01. The van der Waals surface area contributed by atoms with E-state index < -0.39 is 10.8 Å². The maximum Gasteiger partial charge on any atom is 0.321 e. The summed E-state index contributed by atoms with van der Waals surface area (Å²) >= 11 is 0. The van der Waals surface area contributed by atoms with E-state index >= 15 is 0 Å². The van der Waals surface area contributed by atoms with Crippen molar-refractivity contribution in [2.75, 3.05) is 23.9 Å². The fourth-order valence-electron chi connectivity index (χ4n) is 0.840. The van der Waals surface area contributed by atoms with Crippen LogP contribution in [0.4, 0.5) is 6.01 Å². The summed E-state index contributed by atoms with van der Waals surface area (Å²) in [6, 6.07) is 0.430. The molecule has 1 N–H and O–H groups in total. The van der Waals surface area contributed by atoms with E-state index in [4.69, 9.17) is 4.52 Å². The van der Waals surface area contributed by atoms with Crippen molar-refractivity contribution in [3.63, 3.8) is 0 Å². The lowest BCUT2D eigenvalue weighted by Gasteiger charge is -1.98. The van der Waals surface area contributed by atoms with Crippen molar-refractivity contribution < 1.29 is 8.73 Å². The molecule has 0 amide bonds.